The summed E-state index contributed by atoms with van der Waals surface area (Å²) < 4.78 is 8.43. The standard InChI is InChI=1S/C21H29N5O4/c1-21(2,3)30-19(28)23-16-10-8-15(9-11-16)18(27)22-12-6-14-26-20(29)25-13-5-4-7-17(25)24-26/h8-11H,4-7,12-14H2,1-3H3,(H,22,27)(H,23,28). The molecule has 9 nitrogen and oxygen atoms in total. The Morgan fingerprint density at radius 1 is 1.17 bits per heavy atom. The van der Waals surface area contributed by atoms with Gasteiger partial charge in [-0.1, -0.05) is 0 Å². The molecule has 1 aliphatic heterocycles. The minimum atomic E-state index is -0.578. The molecule has 0 bridgehead atoms. The Kier molecular flexibility index (Phi) is 6.59. The Morgan fingerprint density at radius 3 is 2.57 bits per heavy atom. The summed E-state index contributed by atoms with van der Waals surface area (Å²) in [5.74, 6) is 0.644. The molecule has 3 rings (SSSR count). The molecule has 1 aromatic heterocycles. The number of nitrogens with one attached hydrogen (secondary N) is 2. The molecule has 0 atom stereocenters. The van der Waals surface area contributed by atoms with E-state index in [0.29, 0.717) is 30.8 Å². The van der Waals surface area contributed by atoms with Gasteiger partial charge in [0.05, 0.1) is 0 Å². The summed E-state index contributed by atoms with van der Waals surface area (Å²) in [6.45, 7) is 7.01. The predicted octanol–water partition coefficient (Wildman–Crippen LogP) is 2.55. The maximum atomic E-state index is 12.3. The lowest BCUT2D eigenvalue weighted by molar-refractivity contribution is 0.0635. The second-order valence-electron chi connectivity index (χ2n) is 8.34. The topological polar surface area (TPSA) is 107 Å². The van der Waals surface area contributed by atoms with Crippen LogP contribution in [0, 0.1) is 0 Å². The van der Waals surface area contributed by atoms with E-state index in [1.54, 1.807) is 49.6 Å². The van der Waals surface area contributed by atoms with Crippen LogP contribution >= 0.6 is 0 Å². The number of hydrogen-bond acceptors (Lipinski definition) is 5. The fraction of sp³-hybridized carbons (Fsp3) is 0.524. The molecular weight excluding hydrogens is 386 g/mol. The van der Waals surface area contributed by atoms with E-state index in [0.717, 1.165) is 31.6 Å². The van der Waals surface area contributed by atoms with Crippen LogP contribution in [0.3, 0.4) is 0 Å². The van der Waals surface area contributed by atoms with Crippen LogP contribution in [0.2, 0.25) is 0 Å². The van der Waals surface area contributed by atoms with Crippen molar-refractivity contribution in [3.8, 4) is 0 Å². The number of rotatable bonds is 6. The lowest BCUT2D eigenvalue weighted by atomic mass is 10.2. The average Bonchev–Trinajstić information content (AvgIpc) is 3.00. The highest BCUT2D eigenvalue weighted by molar-refractivity contribution is 5.95. The van der Waals surface area contributed by atoms with Crippen molar-refractivity contribution < 1.29 is 14.3 Å². The van der Waals surface area contributed by atoms with E-state index in [-0.39, 0.29) is 11.6 Å². The first-order chi connectivity index (χ1) is 14.2. The Bertz CT molecular complexity index is 953. The summed E-state index contributed by atoms with van der Waals surface area (Å²) in [7, 11) is 0. The number of anilines is 1. The smallest absolute Gasteiger partial charge is 0.412 e. The molecular formula is C21H29N5O4. The molecule has 2 aromatic rings. The fourth-order valence-corrected chi connectivity index (χ4v) is 3.25. The van der Waals surface area contributed by atoms with Crippen LogP contribution in [0.5, 0.6) is 0 Å². The van der Waals surface area contributed by atoms with E-state index in [9.17, 15) is 14.4 Å². The molecule has 1 aromatic carbocycles. The summed E-state index contributed by atoms with van der Waals surface area (Å²) in [5, 5.41) is 9.86. The second-order valence-corrected chi connectivity index (χ2v) is 8.34. The van der Waals surface area contributed by atoms with Gasteiger partial charge in [-0.05, 0) is 64.3 Å². The van der Waals surface area contributed by atoms with Gasteiger partial charge in [0, 0.05) is 37.3 Å². The molecule has 2 N–H and O–H groups in total. The minimum Gasteiger partial charge on any atom is -0.444 e. The van der Waals surface area contributed by atoms with Crippen LogP contribution in [-0.2, 0) is 24.2 Å². The maximum Gasteiger partial charge on any atom is 0.412 e. The van der Waals surface area contributed by atoms with Gasteiger partial charge in [0.25, 0.3) is 5.91 Å². The molecule has 0 fully saturated rings. The van der Waals surface area contributed by atoms with Crippen LogP contribution < -0.4 is 16.3 Å². The van der Waals surface area contributed by atoms with Crippen LogP contribution in [0.15, 0.2) is 29.1 Å². The van der Waals surface area contributed by atoms with Crippen molar-refractivity contribution in [2.75, 3.05) is 11.9 Å². The van der Waals surface area contributed by atoms with Gasteiger partial charge in [-0.25, -0.2) is 14.3 Å². The molecule has 9 heteroatoms. The van der Waals surface area contributed by atoms with Crippen molar-refractivity contribution in [3.05, 3.63) is 46.1 Å². The lowest BCUT2D eigenvalue weighted by Gasteiger charge is -2.19. The first-order valence-corrected chi connectivity index (χ1v) is 10.3. The average molecular weight is 415 g/mol. The zero-order valence-electron chi connectivity index (χ0n) is 17.7. The highest BCUT2D eigenvalue weighted by Crippen LogP contribution is 2.13. The maximum absolute atomic E-state index is 12.3. The van der Waals surface area contributed by atoms with Gasteiger partial charge in [-0.2, -0.15) is 5.10 Å². The number of hydrogen-bond donors (Lipinski definition) is 2. The number of aromatic nitrogens is 3. The summed E-state index contributed by atoms with van der Waals surface area (Å²) in [6.07, 6.45) is 2.99. The molecule has 0 aliphatic carbocycles. The summed E-state index contributed by atoms with van der Waals surface area (Å²) in [6, 6.07) is 6.56. The predicted molar refractivity (Wildman–Crippen MR) is 113 cm³/mol. The van der Waals surface area contributed by atoms with Crippen molar-refractivity contribution in [2.45, 2.75) is 65.1 Å². The number of aryl methyl sites for hydroxylation is 2. The highest BCUT2D eigenvalue weighted by Gasteiger charge is 2.17. The molecule has 2 amide bonds. The van der Waals surface area contributed by atoms with Crippen molar-refractivity contribution in [3.63, 3.8) is 0 Å². The van der Waals surface area contributed by atoms with Crippen molar-refractivity contribution in [1.29, 1.82) is 0 Å². The zero-order chi connectivity index (χ0) is 21.7. The molecule has 0 spiro atoms. The third-order valence-corrected chi connectivity index (χ3v) is 4.66. The van der Waals surface area contributed by atoms with Crippen LogP contribution in [0.25, 0.3) is 0 Å². The van der Waals surface area contributed by atoms with E-state index >= 15 is 0 Å². The van der Waals surface area contributed by atoms with Crippen LogP contribution in [0.4, 0.5) is 10.5 Å². The highest BCUT2D eigenvalue weighted by atomic mass is 16.6. The van der Waals surface area contributed by atoms with E-state index in [1.807, 2.05) is 0 Å². The third kappa shape index (κ3) is 5.71. The normalized spacial score (nSPS) is 13.4. The number of fused-ring (bicyclic) bond motifs is 1. The number of carbonyl (C=O) groups is 2. The third-order valence-electron chi connectivity index (χ3n) is 4.66. The molecule has 0 radical (unpaired) electrons. The van der Waals surface area contributed by atoms with Crippen LogP contribution in [-0.4, -0.2) is 38.5 Å². The summed E-state index contributed by atoms with van der Waals surface area (Å²) in [5.41, 5.74) is 0.387. The molecule has 162 valence electrons. The number of benzene rings is 1. The number of amides is 2. The van der Waals surface area contributed by atoms with Gasteiger partial charge in [0.15, 0.2) is 0 Å². The van der Waals surface area contributed by atoms with E-state index in [4.69, 9.17) is 4.74 Å². The quantitative estimate of drug-likeness (QED) is 0.705. The van der Waals surface area contributed by atoms with Crippen molar-refractivity contribution in [1.82, 2.24) is 19.7 Å². The summed E-state index contributed by atoms with van der Waals surface area (Å²) in [4.78, 5) is 36.4. The lowest BCUT2D eigenvalue weighted by Crippen LogP contribution is -2.29. The minimum absolute atomic E-state index is 0.0656. The zero-order valence-corrected chi connectivity index (χ0v) is 17.7. The van der Waals surface area contributed by atoms with Crippen molar-refractivity contribution in [2.24, 2.45) is 0 Å². The van der Waals surface area contributed by atoms with Crippen molar-refractivity contribution >= 4 is 17.7 Å². The largest absolute Gasteiger partial charge is 0.444 e. The molecule has 0 saturated carbocycles. The Balaban J connectivity index is 1.44. The fourth-order valence-electron chi connectivity index (χ4n) is 3.25. The molecule has 0 unspecified atom stereocenters. The Labute approximate surface area is 175 Å². The first kappa shape index (κ1) is 21.6. The van der Waals surface area contributed by atoms with Gasteiger partial charge < -0.3 is 10.1 Å². The van der Waals surface area contributed by atoms with Gasteiger partial charge in [0.2, 0.25) is 0 Å². The van der Waals surface area contributed by atoms with Gasteiger partial charge in [-0.15, -0.1) is 0 Å². The first-order valence-electron chi connectivity index (χ1n) is 10.3. The SMILES string of the molecule is CC(C)(C)OC(=O)Nc1ccc(C(=O)NCCCn2nc3n(c2=O)CCCC3)cc1. The number of carbonyl (C=O) groups excluding carboxylic acids is 2. The Hall–Kier alpha value is -3.10. The molecule has 0 saturated heterocycles. The Morgan fingerprint density at radius 2 is 1.90 bits per heavy atom. The number of ether oxygens (including phenoxy) is 1. The van der Waals surface area contributed by atoms with E-state index < -0.39 is 11.7 Å². The van der Waals surface area contributed by atoms with Gasteiger partial charge in [-0.3, -0.25) is 14.7 Å². The summed E-state index contributed by atoms with van der Waals surface area (Å²) >= 11 is 0. The number of nitrogens with zero attached hydrogens (tertiary/aromatic N) is 3. The molecule has 1 aliphatic rings. The van der Waals surface area contributed by atoms with E-state index in [1.165, 1.54) is 4.68 Å². The molecule has 30 heavy (non-hydrogen) atoms. The second kappa shape index (κ2) is 9.15. The van der Waals surface area contributed by atoms with Crippen LogP contribution in [0.1, 0.15) is 56.2 Å². The van der Waals surface area contributed by atoms with Gasteiger partial charge in [0.1, 0.15) is 11.4 Å². The monoisotopic (exact) mass is 415 g/mol. The van der Waals surface area contributed by atoms with Gasteiger partial charge >= 0.3 is 11.8 Å². The van der Waals surface area contributed by atoms with E-state index in [2.05, 4.69) is 15.7 Å². The molecule has 2 heterocycles.